The smallest absolute Gasteiger partial charge is 0 e. The van der Waals surface area contributed by atoms with Crippen molar-refractivity contribution < 1.29 is 17.1 Å². The Morgan fingerprint density at radius 2 is 1.15 bits per heavy atom. The average molecular weight is 446 g/mol. The fourth-order valence-corrected chi connectivity index (χ4v) is 8.69. The Bertz CT molecular complexity index is 497. The molecule has 0 aliphatic carbocycles. The van der Waals surface area contributed by atoms with Gasteiger partial charge < -0.3 is 30.3 Å². The molecule has 0 amide bonds. The summed E-state index contributed by atoms with van der Waals surface area (Å²) in [5.74, 6) is 0. The Hall–Kier alpha value is 0.0795. The first-order valence-corrected chi connectivity index (χ1v) is 13.5. The molecule has 3 heteroatoms. The fraction of sp³-hybridized carbons (Fsp3) is 0.583. The van der Waals surface area contributed by atoms with Crippen molar-refractivity contribution in [3.8, 4) is 0 Å². The summed E-state index contributed by atoms with van der Waals surface area (Å²) in [4.78, 5) is 0. The van der Waals surface area contributed by atoms with E-state index < -0.39 is 0 Å². The minimum absolute atomic E-state index is 0. The second-order valence-corrected chi connectivity index (χ2v) is 15.1. The van der Waals surface area contributed by atoms with Crippen LogP contribution in [-0.2, 0) is 29.4 Å². The van der Waals surface area contributed by atoms with E-state index in [0.717, 1.165) is 22.6 Å². The van der Waals surface area contributed by atoms with Crippen LogP contribution < -0.4 is 0 Å². The largest absolute Gasteiger partial charge is 0.748 e. The first kappa shape index (κ1) is 27.1. The van der Waals surface area contributed by atoms with Gasteiger partial charge in [-0.05, 0) is 28.8 Å². The van der Waals surface area contributed by atoms with Crippen LogP contribution in [0.4, 0.5) is 0 Å². The zero-order valence-electron chi connectivity index (χ0n) is 18.6. The monoisotopic (exact) mass is 446 g/mol. The Labute approximate surface area is 182 Å². The molecule has 0 radical (unpaired) electrons. The van der Waals surface area contributed by atoms with Crippen molar-refractivity contribution in [2.45, 2.75) is 90.3 Å². The third kappa shape index (κ3) is 9.90. The van der Waals surface area contributed by atoms with Gasteiger partial charge in [-0.25, -0.2) is 12.1 Å². The van der Waals surface area contributed by atoms with E-state index in [1.165, 1.54) is 12.3 Å². The second kappa shape index (κ2) is 14.1. The molecule has 0 aliphatic rings. The molecule has 0 N–H and O–H groups in total. The molecule has 0 saturated carbocycles. The third-order valence-corrected chi connectivity index (χ3v) is 11.6. The molecule has 0 atom stereocenters. The van der Waals surface area contributed by atoms with E-state index >= 15 is 0 Å². The number of hydrogen-bond acceptors (Lipinski definition) is 0. The molecule has 27 heavy (non-hydrogen) atoms. The van der Waals surface area contributed by atoms with Crippen molar-refractivity contribution in [2.24, 2.45) is 0 Å². The average Bonchev–Trinajstić information content (AvgIpc) is 3.23. The minimum atomic E-state index is 0. The zero-order chi connectivity index (χ0) is 19.7. The summed E-state index contributed by atoms with van der Waals surface area (Å²) < 4.78 is 0. The van der Waals surface area contributed by atoms with E-state index in [2.05, 4.69) is 73.6 Å². The van der Waals surface area contributed by atoms with E-state index in [9.17, 15) is 0 Å². The van der Waals surface area contributed by atoms with Gasteiger partial charge in [-0.3, -0.25) is 0 Å². The maximum Gasteiger partial charge on any atom is 0 e. The van der Waals surface area contributed by atoms with Gasteiger partial charge in [0, 0.05) is 17.1 Å². The van der Waals surface area contributed by atoms with Crippen LogP contribution in [0.2, 0.25) is 0 Å². The topological polar surface area (TPSA) is 0 Å². The molecule has 0 aromatic heterocycles. The molecule has 0 heterocycles. The summed E-state index contributed by atoms with van der Waals surface area (Å²) in [6.45, 7) is 19.2. The molecule has 2 aromatic rings. The first-order valence-electron chi connectivity index (χ1n) is 10.2. The van der Waals surface area contributed by atoms with Gasteiger partial charge in [0.25, 0.3) is 0 Å². The summed E-state index contributed by atoms with van der Waals surface area (Å²) in [7, 11) is 0.212. The van der Waals surface area contributed by atoms with E-state index in [1.807, 2.05) is 30.3 Å². The Balaban J connectivity index is 0.000000969. The van der Waals surface area contributed by atoms with Crippen LogP contribution in [-0.4, -0.2) is 22.6 Å². The van der Waals surface area contributed by atoms with Crippen LogP contribution in [0.3, 0.4) is 0 Å². The summed E-state index contributed by atoms with van der Waals surface area (Å²) >= 11 is 0. The quantitative estimate of drug-likeness (QED) is 0.217. The van der Waals surface area contributed by atoms with Crippen molar-refractivity contribution in [1.29, 1.82) is 0 Å². The Morgan fingerprint density at radius 1 is 0.741 bits per heavy atom. The summed E-state index contributed by atoms with van der Waals surface area (Å²) in [5, 5.41) is 0. The maximum atomic E-state index is 2.41. The van der Waals surface area contributed by atoms with Crippen LogP contribution in [0.5, 0.6) is 0 Å². The zero-order valence-corrected chi connectivity index (χ0v) is 21.5. The van der Waals surface area contributed by atoms with Crippen molar-refractivity contribution in [3.63, 3.8) is 0 Å². The van der Waals surface area contributed by atoms with Crippen molar-refractivity contribution in [1.82, 2.24) is 0 Å². The van der Waals surface area contributed by atoms with E-state index in [1.54, 1.807) is 11.1 Å². The summed E-state index contributed by atoms with van der Waals surface area (Å²) in [5.41, 5.74) is 6.63. The summed E-state index contributed by atoms with van der Waals surface area (Å²) in [6, 6.07) is 17.1. The number of hydrogen-bond donors (Lipinski definition) is 0. The molecule has 0 spiro atoms. The van der Waals surface area contributed by atoms with Gasteiger partial charge in [-0.2, -0.15) is 11.6 Å². The van der Waals surface area contributed by atoms with Crippen LogP contribution in [0, 0.1) is 0 Å². The molecule has 2 aromatic carbocycles. The van der Waals surface area contributed by atoms with E-state index in [-0.39, 0.29) is 32.9 Å². The molecule has 0 bridgehead atoms. The standard InChI is InChI=1S/C19H35P2.C5H5.Fe/c1-14(2)20(15(3)4)12-18-10-9-11-19(18)13-21(16(5)6)17(7)8;1-2-4-5-3-1;/h9-11,14-17H,12-13H2,1-8H3;1-5H;/q-1;-5;. The molecular formula is C24H40FeP2-6. The number of rotatable bonds is 8. The van der Waals surface area contributed by atoms with Gasteiger partial charge in [0.05, 0.1) is 0 Å². The molecule has 0 saturated heterocycles. The molecule has 160 valence electrons. The van der Waals surface area contributed by atoms with E-state index in [0.29, 0.717) is 0 Å². The molecule has 0 aliphatic heterocycles. The van der Waals surface area contributed by atoms with Crippen LogP contribution >= 0.6 is 15.8 Å². The molecule has 0 fully saturated rings. The molecule has 0 unspecified atom stereocenters. The maximum absolute atomic E-state index is 2.41. The Morgan fingerprint density at radius 3 is 1.52 bits per heavy atom. The van der Waals surface area contributed by atoms with Gasteiger partial charge >= 0.3 is 0 Å². The molecule has 2 rings (SSSR count). The van der Waals surface area contributed by atoms with Gasteiger partial charge in [-0.1, -0.05) is 69.5 Å². The normalized spacial score (nSPS) is 11.5. The van der Waals surface area contributed by atoms with Crippen LogP contribution in [0.15, 0.2) is 48.5 Å². The fourth-order valence-electron chi connectivity index (χ4n) is 3.44. The predicted molar refractivity (Wildman–Crippen MR) is 126 cm³/mol. The third-order valence-electron chi connectivity index (χ3n) is 4.92. The SMILES string of the molecule is CC(C)P(Cc1ccc[c-]1CP(C(C)C)C(C)C)C(C)C.[Fe].[cH-]1[cH-][cH-][cH-][cH-]1. The molecular weight excluding hydrogens is 406 g/mol. The van der Waals surface area contributed by atoms with Crippen molar-refractivity contribution in [2.75, 3.05) is 0 Å². The Kier molecular flexibility index (Phi) is 14.2. The van der Waals surface area contributed by atoms with Gasteiger partial charge in [0.2, 0.25) is 0 Å². The first-order chi connectivity index (χ1) is 12.2. The van der Waals surface area contributed by atoms with Gasteiger partial charge in [0.1, 0.15) is 0 Å². The van der Waals surface area contributed by atoms with Gasteiger partial charge in [0.15, 0.2) is 0 Å². The van der Waals surface area contributed by atoms with Crippen molar-refractivity contribution in [3.05, 3.63) is 59.7 Å². The van der Waals surface area contributed by atoms with E-state index in [4.69, 9.17) is 0 Å². The van der Waals surface area contributed by atoms with Gasteiger partial charge in [-0.15, -0.1) is 13.5 Å². The van der Waals surface area contributed by atoms with Crippen LogP contribution in [0.1, 0.15) is 66.5 Å². The summed E-state index contributed by atoms with van der Waals surface area (Å²) in [6.07, 6.45) is 2.65. The van der Waals surface area contributed by atoms with Crippen molar-refractivity contribution >= 4 is 15.8 Å². The minimum Gasteiger partial charge on any atom is -0.748 e. The predicted octanol–water partition coefficient (Wildman–Crippen LogP) is 8.41. The molecule has 0 nitrogen and oxygen atoms in total. The van der Waals surface area contributed by atoms with Crippen LogP contribution in [0.25, 0.3) is 0 Å². The second-order valence-electron chi connectivity index (χ2n) is 8.26.